The van der Waals surface area contributed by atoms with Crippen LogP contribution in [0.1, 0.15) is 43.9 Å². The van der Waals surface area contributed by atoms with Crippen molar-refractivity contribution >= 4 is 5.96 Å². The van der Waals surface area contributed by atoms with Crippen LogP contribution in [0.2, 0.25) is 0 Å². The number of guanidine groups is 1. The van der Waals surface area contributed by atoms with Crippen LogP contribution in [0, 0.1) is 5.92 Å². The Balaban J connectivity index is 1.56. The van der Waals surface area contributed by atoms with Gasteiger partial charge in [0.25, 0.3) is 0 Å². The summed E-state index contributed by atoms with van der Waals surface area (Å²) in [6.45, 7) is 4.18. The lowest BCUT2D eigenvalue weighted by Gasteiger charge is -2.33. The Morgan fingerprint density at radius 2 is 2.14 bits per heavy atom. The van der Waals surface area contributed by atoms with Gasteiger partial charge in [-0.25, -0.2) is 0 Å². The molecule has 1 aromatic heterocycles. The minimum absolute atomic E-state index is 0.287. The zero-order valence-corrected chi connectivity index (χ0v) is 13.6. The van der Waals surface area contributed by atoms with Crippen LogP contribution in [-0.4, -0.2) is 44.1 Å². The van der Waals surface area contributed by atoms with E-state index in [9.17, 15) is 0 Å². The van der Waals surface area contributed by atoms with Crippen molar-refractivity contribution in [3.8, 4) is 0 Å². The monoisotopic (exact) mass is 304 g/mol. The van der Waals surface area contributed by atoms with Crippen molar-refractivity contribution in [1.82, 2.24) is 15.5 Å². The van der Waals surface area contributed by atoms with E-state index in [2.05, 4.69) is 26.6 Å². The summed E-state index contributed by atoms with van der Waals surface area (Å²) >= 11 is 0. The van der Waals surface area contributed by atoms with Crippen LogP contribution in [0.3, 0.4) is 0 Å². The third kappa shape index (κ3) is 4.26. The van der Waals surface area contributed by atoms with E-state index in [0.29, 0.717) is 0 Å². The average molecular weight is 304 g/mol. The van der Waals surface area contributed by atoms with Crippen LogP contribution in [0.4, 0.5) is 0 Å². The fourth-order valence-corrected chi connectivity index (χ4v) is 3.10. The normalized spacial score (nSPS) is 21.6. The van der Waals surface area contributed by atoms with E-state index in [1.165, 1.54) is 32.1 Å². The molecule has 1 atom stereocenters. The molecule has 0 spiro atoms. The number of rotatable bonds is 6. The Labute approximate surface area is 133 Å². The minimum Gasteiger partial charge on any atom is -0.468 e. The van der Waals surface area contributed by atoms with E-state index in [-0.39, 0.29) is 6.04 Å². The molecule has 1 saturated carbocycles. The molecule has 0 aromatic carbocycles. The fraction of sp³-hybridized carbons (Fsp3) is 0.706. The molecule has 0 amide bonds. The zero-order valence-electron chi connectivity index (χ0n) is 13.6. The highest BCUT2D eigenvalue weighted by atomic mass is 16.3. The maximum absolute atomic E-state index is 5.68. The van der Waals surface area contributed by atoms with Gasteiger partial charge in [-0.3, -0.25) is 9.89 Å². The number of hydrogen-bond acceptors (Lipinski definition) is 3. The molecule has 3 rings (SSSR count). The first-order chi connectivity index (χ1) is 10.9. The van der Waals surface area contributed by atoms with E-state index in [1.807, 2.05) is 13.1 Å². The second kappa shape index (κ2) is 7.68. The first kappa shape index (κ1) is 15.4. The summed E-state index contributed by atoms with van der Waals surface area (Å²) in [5.74, 6) is 2.80. The second-order valence-electron chi connectivity index (χ2n) is 6.41. The van der Waals surface area contributed by atoms with Crippen LogP contribution in [-0.2, 0) is 0 Å². The highest BCUT2D eigenvalue weighted by Gasteiger charge is 2.25. The molecule has 1 unspecified atom stereocenters. The molecule has 2 heterocycles. The van der Waals surface area contributed by atoms with Crippen molar-refractivity contribution in [3.63, 3.8) is 0 Å². The van der Waals surface area contributed by atoms with Gasteiger partial charge in [-0.2, -0.15) is 0 Å². The molecule has 2 fully saturated rings. The molecule has 0 radical (unpaired) electrons. The molecule has 1 saturated heterocycles. The average Bonchev–Trinajstić information content (AvgIpc) is 3.24. The van der Waals surface area contributed by atoms with Gasteiger partial charge < -0.3 is 15.1 Å². The number of hydrogen-bond donors (Lipinski definition) is 2. The Morgan fingerprint density at radius 3 is 2.77 bits per heavy atom. The molecule has 122 valence electrons. The minimum atomic E-state index is 0.287. The second-order valence-corrected chi connectivity index (χ2v) is 6.41. The summed E-state index contributed by atoms with van der Waals surface area (Å²) < 4.78 is 5.68. The molecule has 0 bridgehead atoms. The van der Waals surface area contributed by atoms with Crippen LogP contribution in [0.15, 0.2) is 27.8 Å². The van der Waals surface area contributed by atoms with Gasteiger partial charge in [-0.05, 0) is 56.8 Å². The fourth-order valence-electron chi connectivity index (χ4n) is 3.10. The molecule has 2 N–H and O–H groups in total. The van der Waals surface area contributed by atoms with Gasteiger partial charge in [0.1, 0.15) is 5.76 Å². The van der Waals surface area contributed by atoms with Crippen molar-refractivity contribution in [3.05, 3.63) is 24.2 Å². The standard InChI is InChI=1S/C17H28N4O/c1-18-17(19-12-14-7-8-14)20-13-15(16-6-5-11-22-16)21-9-3-2-4-10-21/h5-6,11,14-15H,2-4,7-10,12-13H2,1H3,(H2,18,19,20). The highest BCUT2D eigenvalue weighted by Crippen LogP contribution is 2.27. The number of piperidine rings is 1. The smallest absolute Gasteiger partial charge is 0.191 e. The van der Waals surface area contributed by atoms with Crippen LogP contribution in [0.5, 0.6) is 0 Å². The maximum atomic E-state index is 5.68. The van der Waals surface area contributed by atoms with Crippen LogP contribution < -0.4 is 10.6 Å². The van der Waals surface area contributed by atoms with Crippen molar-refractivity contribution in [1.29, 1.82) is 0 Å². The van der Waals surface area contributed by atoms with Crippen molar-refractivity contribution < 1.29 is 4.42 Å². The first-order valence-corrected chi connectivity index (χ1v) is 8.59. The summed E-state index contributed by atoms with van der Waals surface area (Å²) in [6.07, 6.45) is 8.39. The van der Waals surface area contributed by atoms with Gasteiger partial charge in [-0.1, -0.05) is 6.42 Å². The molecule has 5 heteroatoms. The van der Waals surface area contributed by atoms with E-state index in [4.69, 9.17) is 4.42 Å². The van der Waals surface area contributed by atoms with Crippen molar-refractivity contribution in [2.75, 3.05) is 33.2 Å². The predicted octanol–water partition coefficient (Wildman–Crippen LogP) is 2.38. The summed E-state index contributed by atoms with van der Waals surface area (Å²) in [7, 11) is 1.84. The van der Waals surface area contributed by atoms with Crippen LogP contribution in [0.25, 0.3) is 0 Å². The highest BCUT2D eigenvalue weighted by molar-refractivity contribution is 5.79. The number of nitrogens with zero attached hydrogens (tertiary/aromatic N) is 2. The molecular weight excluding hydrogens is 276 g/mol. The van der Waals surface area contributed by atoms with Gasteiger partial charge in [0.05, 0.1) is 12.3 Å². The molecule has 1 aliphatic heterocycles. The first-order valence-electron chi connectivity index (χ1n) is 8.59. The quantitative estimate of drug-likeness (QED) is 0.626. The van der Waals surface area contributed by atoms with E-state index in [0.717, 1.165) is 43.8 Å². The van der Waals surface area contributed by atoms with Gasteiger partial charge in [0.15, 0.2) is 5.96 Å². The summed E-state index contributed by atoms with van der Waals surface area (Å²) in [5, 5.41) is 6.90. The van der Waals surface area contributed by atoms with Gasteiger partial charge in [-0.15, -0.1) is 0 Å². The number of furan rings is 1. The molecule has 22 heavy (non-hydrogen) atoms. The lowest BCUT2D eigenvalue weighted by Crippen LogP contribution is -2.44. The largest absolute Gasteiger partial charge is 0.468 e. The van der Waals surface area contributed by atoms with Gasteiger partial charge >= 0.3 is 0 Å². The summed E-state index contributed by atoms with van der Waals surface area (Å²) in [6, 6.07) is 4.35. The van der Waals surface area contributed by atoms with E-state index >= 15 is 0 Å². The third-order valence-corrected chi connectivity index (χ3v) is 4.64. The third-order valence-electron chi connectivity index (χ3n) is 4.64. The zero-order chi connectivity index (χ0) is 15.2. The Bertz CT molecular complexity index is 461. The lowest BCUT2D eigenvalue weighted by molar-refractivity contribution is 0.146. The molecule has 1 aromatic rings. The predicted molar refractivity (Wildman–Crippen MR) is 89.0 cm³/mol. The maximum Gasteiger partial charge on any atom is 0.191 e. The molecule has 5 nitrogen and oxygen atoms in total. The Hall–Kier alpha value is -1.49. The number of nitrogens with one attached hydrogen (secondary N) is 2. The number of aliphatic imine (C=N–C) groups is 1. The van der Waals surface area contributed by atoms with E-state index < -0.39 is 0 Å². The number of likely N-dealkylation sites (tertiary alicyclic amines) is 1. The molecule has 1 aliphatic carbocycles. The summed E-state index contributed by atoms with van der Waals surface area (Å²) in [5.41, 5.74) is 0. The SMILES string of the molecule is CN=C(NCC1CC1)NCC(c1ccco1)N1CCCCC1. The van der Waals surface area contributed by atoms with Crippen molar-refractivity contribution in [2.45, 2.75) is 38.1 Å². The van der Waals surface area contributed by atoms with Crippen LogP contribution >= 0.6 is 0 Å². The Morgan fingerprint density at radius 1 is 1.32 bits per heavy atom. The lowest BCUT2D eigenvalue weighted by atomic mass is 10.1. The van der Waals surface area contributed by atoms with Gasteiger partial charge in [0, 0.05) is 20.1 Å². The van der Waals surface area contributed by atoms with E-state index in [1.54, 1.807) is 6.26 Å². The summed E-state index contributed by atoms with van der Waals surface area (Å²) in [4.78, 5) is 6.86. The molecule has 2 aliphatic rings. The topological polar surface area (TPSA) is 52.8 Å². The van der Waals surface area contributed by atoms with Crippen molar-refractivity contribution in [2.24, 2.45) is 10.9 Å². The Kier molecular flexibility index (Phi) is 5.38. The van der Waals surface area contributed by atoms with Gasteiger partial charge in [0.2, 0.25) is 0 Å². The molecular formula is C17H28N4O.